The molecule has 0 aromatic rings. The predicted octanol–water partition coefficient (Wildman–Crippen LogP) is 3.02. The third-order valence-corrected chi connectivity index (χ3v) is 2.70. The van der Waals surface area contributed by atoms with Gasteiger partial charge in [-0.1, -0.05) is 0 Å². The highest BCUT2D eigenvalue weighted by Gasteiger charge is 2.31. The van der Waals surface area contributed by atoms with Crippen molar-refractivity contribution in [1.29, 1.82) is 0 Å². The molecule has 1 heterocycles. The lowest BCUT2D eigenvalue weighted by molar-refractivity contribution is -0.131. The first-order chi connectivity index (χ1) is 8.29. The van der Waals surface area contributed by atoms with E-state index >= 15 is 0 Å². The van der Waals surface area contributed by atoms with Gasteiger partial charge >= 0.3 is 12.7 Å². The summed E-state index contributed by atoms with van der Waals surface area (Å²) in [6.45, 7) is 3.23. The fraction of sp³-hybridized carbons (Fsp3) is 0.917. The molecule has 1 aliphatic heterocycles. The van der Waals surface area contributed by atoms with Crippen molar-refractivity contribution in [2.24, 2.45) is 0 Å². The molecule has 0 aliphatic carbocycles. The molecule has 0 aromatic heterocycles. The zero-order valence-electron chi connectivity index (χ0n) is 11.1. The van der Waals surface area contributed by atoms with E-state index in [9.17, 15) is 13.6 Å². The average molecular weight is 265 g/mol. The Morgan fingerprint density at radius 3 is 2.67 bits per heavy atom. The first-order valence-corrected chi connectivity index (χ1v) is 6.19. The summed E-state index contributed by atoms with van der Waals surface area (Å²) >= 11 is 0. The molecule has 4 nitrogen and oxygen atoms in total. The summed E-state index contributed by atoms with van der Waals surface area (Å²) in [5.74, 6) is 0. The number of hydrogen-bond acceptors (Lipinski definition) is 3. The minimum Gasteiger partial charge on any atom is -0.444 e. The van der Waals surface area contributed by atoms with Crippen molar-refractivity contribution in [2.45, 2.75) is 58.3 Å². The number of ether oxygens (including phenoxy) is 2. The van der Waals surface area contributed by atoms with Gasteiger partial charge in [-0.05, 0) is 40.0 Å². The molecule has 1 fully saturated rings. The van der Waals surface area contributed by atoms with Crippen LogP contribution < -0.4 is 0 Å². The minimum atomic E-state index is -2.75. The summed E-state index contributed by atoms with van der Waals surface area (Å²) in [5, 5.41) is 0. The molecule has 0 saturated carbocycles. The third kappa shape index (κ3) is 5.16. The first-order valence-electron chi connectivity index (χ1n) is 6.19. The van der Waals surface area contributed by atoms with Gasteiger partial charge in [-0.2, -0.15) is 8.78 Å². The first kappa shape index (κ1) is 15.1. The van der Waals surface area contributed by atoms with Gasteiger partial charge in [0.05, 0.1) is 6.61 Å². The van der Waals surface area contributed by atoms with Crippen LogP contribution in [0.4, 0.5) is 13.6 Å². The van der Waals surface area contributed by atoms with Crippen LogP contribution in [0.3, 0.4) is 0 Å². The number of alkyl halides is 2. The Bertz CT molecular complexity index is 279. The Kier molecular flexibility index (Phi) is 5.31. The second-order valence-corrected chi connectivity index (χ2v) is 5.39. The molecular formula is C12H21F2NO3. The minimum absolute atomic E-state index is 0.0400. The van der Waals surface area contributed by atoms with E-state index in [4.69, 9.17) is 4.74 Å². The summed E-state index contributed by atoms with van der Waals surface area (Å²) < 4.78 is 33.2. The Labute approximate surface area is 106 Å². The number of likely N-dealkylation sites (tertiary alicyclic amines) is 1. The van der Waals surface area contributed by atoms with Gasteiger partial charge in [-0.15, -0.1) is 0 Å². The molecular weight excluding hydrogens is 244 g/mol. The molecule has 1 aliphatic rings. The van der Waals surface area contributed by atoms with Crippen molar-refractivity contribution >= 4 is 6.09 Å². The zero-order valence-corrected chi connectivity index (χ0v) is 11.1. The van der Waals surface area contributed by atoms with Crippen molar-refractivity contribution in [3.8, 4) is 0 Å². The molecule has 1 atom stereocenters. The quantitative estimate of drug-likeness (QED) is 0.784. The lowest BCUT2D eigenvalue weighted by atomic mass is 10.1. The van der Waals surface area contributed by atoms with E-state index in [0.29, 0.717) is 13.0 Å². The standard InChI is InChI=1S/C12H21F2NO3/c1-12(2,3)18-11(16)15-7-4-5-9(15)6-8-17-10(13)14/h9-10H,4-8H2,1-3H3/t9-/m1/s1. The van der Waals surface area contributed by atoms with Crippen molar-refractivity contribution in [1.82, 2.24) is 4.90 Å². The van der Waals surface area contributed by atoms with E-state index in [1.54, 1.807) is 25.7 Å². The molecule has 0 radical (unpaired) electrons. The van der Waals surface area contributed by atoms with Crippen LogP contribution in [-0.4, -0.2) is 42.4 Å². The number of amides is 1. The number of hydrogen-bond donors (Lipinski definition) is 0. The molecule has 0 N–H and O–H groups in total. The number of nitrogens with zero attached hydrogens (tertiary/aromatic N) is 1. The van der Waals surface area contributed by atoms with Gasteiger partial charge in [0.2, 0.25) is 0 Å². The van der Waals surface area contributed by atoms with E-state index in [1.807, 2.05) is 0 Å². The molecule has 0 aromatic carbocycles. The van der Waals surface area contributed by atoms with Gasteiger partial charge in [0.1, 0.15) is 5.60 Å². The Hall–Kier alpha value is -0.910. The van der Waals surface area contributed by atoms with Gasteiger partial charge in [0, 0.05) is 12.6 Å². The van der Waals surface area contributed by atoms with Crippen LogP contribution in [0, 0.1) is 0 Å². The van der Waals surface area contributed by atoms with Crippen molar-refractivity contribution < 1.29 is 23.0 Å². The summed E-state index contributed by atoms with van der Waals surface area (Å²) in [6.07, 6.45) is 1.73. The van der Waals surface area contributed by atoms with E-state index in [1.165, 1.54) is 0 Å². The van der Waals surface area contributed by atoms with Crippen LogP contribution in [-0.2, 0) is 9.47 Å². The van der Waals surface area contributed by atoms with Crippen LogP contribution in [0.1, 0.15) is 40.0 Å². The summed E-state index contributed by atoms with van der Waals surface area (Å²) in [7, 11) is 0. The summed E-state index contributed by atoms with van der Waals surface area (Å²) in [6, 6.07) is -0.0569. The summed E-state index contributed by atoms with van der Waals surface area (Å²) in [5.41, 5.74) is -0.538. The number of rotatable bonds is 4. The molecule has 1 rings (SSSR count). The smallest absolute Gasteiger partial charge is 0.410 e. The van der Waals surface area contributed by atoms with E-state index in [2.05, 4.69) is 4.74 Å². The normalized spacial score (nSPS) is 20.6. The van der Waals surface area contributed by atoms with Crippen LogP contribution in [0.2, 0.25) is 0 Å². The molecule has 1 saturated heterocycles. The molecule has 0 spiro atoms. The van der Waals surface area contributed by atoms with E-state index in [-0.39, 0.29) is 18.7 Å². The highest BCUT2D eigenvalue weighted by molar-refractivity contribution is 5.68. The van der Waals surface area contributed by atoms with E-state index in [0.717, 1.165) is 12.8 Å². The zero-order chi connectivity index (χ0) is 13.8. The summed E-state index contributed by atoms with van der Waals surface area (Å²) in [4.78, 5) is 13.5. The van der Waals surface area contributed by atoms with Crippen molar-refractivity contribution in [2.75, 3.05) is 13.2 Å². The fourth-order valence-corrected chi connectivity index (χ4v) is 1.99. The maximum atomic E-state index is 11.9. The number of carbonyl (C=O) groups is 1. The van der Waals surface area contributed by atoms with Gasteiger partial charge in [-0.25, -0.2) is 4.79 Å². The van der Waals surface area contributed by atoms with Gasteiger partial charge < -0.3 is 14.4 Å². The molecule has 6 heteroatoms. The van der Waals surface area contributed by atoms with Crippen molar-refractivity contribution in [3.63, 3.8) is 0 Å². The monoisotopic (exact) mass is 265 g/mol. The maximum Gasteiger partial charge on any atom is 0.410 e. The van der Waals surface area contributed by atoms with Gasteiger partial charge in [0.15, 0.2) is 0 Å². The number of halogens is 2. The second-order valence-electron chi connectivity index (χ2n) is 5.39. The lowest BCUT2D eigenvalue weighted by Crippen LogP contribution is -2.40. The number of carbonyl (C=O) groups excluding carboxylic acids is 1. The van der Waals surface area contributed by atoms with E-state index < -0.39 is 12.2 Å². The fourth-order valence-electron chi connectivity index (χ4n) is 1.99. The lowest BCUT2D eigenvalue weighted by Gasteiger charge is -2.28. The Morgan fingerprint density at radius 2 is 2.11 bits per heavy atom. The average Bonchev–Trinajstić information content (AvgIpc) is 2.62. The SMILES string of the molecule is CC(C)(C)OC(=O)N1CCC[C@@H]1CCOC(F)F. The Morgan fingerprint density at radius 1 is 1.44 bits per heavy atom. The van der Waals surface area contributed by atoms with Crippen LogP contribution in [0.15, 0.2) is 0 Å². The van der Waals surface area contributed by atoms with Gasteiger partial charge in [0.25, 0.3) is 0 Å². The second kappa shape index (κ2) is 6.31. The predicted molar refractivity (Wildman–Crippen MR) is 62.5 cm³/mol. The topological polar surface area (TPSA) is 38.8 Å². The molecule has 1 amide bonds. The van der Waals surface area contributed by atoms with Crippen LogP contribution in [0.25, 0.3) is 0 Å². The molecule has 106 valence electrons. The largest absolute Gasteiger partial charge is 0.444 e. The maximum absolute atomic E-state index is 11.9. The molecule has 0 unspecified atom stereocenters. The Balaban J connectivity index is 2.41. The highest BCUT2D eigenvalue weighted by atomic mass is 19.3. The van der Waals surface area contributed by atoms with Crippen LogP contribution >= 0.6 is 0 Å². The molecule has 18 heavy (non-hydrogen) atoms. The van der Waals surface area contributed by atoms with Gasteiger partial charge in [-0.3, -0.25) is 0 Å². The van der Waals surface area contributed by atoms with Crippen molar-refractivity contribution in [3.05, 3.63) is 0 Å². The molecule has 0 bridgehead atoms. The third-order valence-electron chi connectivity index (χ3n) is 2.70. The van der Waals surface area contributed by atoms with Crippen LogP contribution in [0.5, 0.6) is 0 Å². The highest BCUT2D eigenvalue weighted by Crippen LogP contribution is 2.23.